The summed E-state index contributed by atoms with van der Waals surface area (Å²) >= 11 is 0. The van der Waals surface area contributed by atoms with Gasteiger partial charge in [0.05, 0.1) is 5.25 Å². The average Bonchev–Trinajstić information content (AvgIpc) is 2.68. The number of hydrogen-bond donors (Lipinski definition) is 0. The Bertz CT molecular complexity index is 1130. The molecule has 0 N–H and O–H groups in total. The van der Waals surface area contributed by atoms with Crippen LogP contribution in [0.4, 0.5) is 4.39 Å². The first-order chi connectivity index (χ1) is 13.3. The lowest BCUT2D eigenvalue weighted by Gasteiger charge is -2.12. The Labute approximate surface area is 162 Å². The maximum Gasteiger partial charge on any atom is 0.251 e. The van der Waals surface area contributed by atoms with Crippen LogP contribution in [0.5, 0.6) is 0 Å². The first-order valence-electron chi connectivity index (χ1n) is 8.72. The predicted octanol–water partition coefficient (Wildman–Crippen LogP) is 2.93. The molecule has 3 aromatic rings. The van der Waals surface area contributed by atoms with Crippen molar-refractivity contribution in [1.29, 1.82) is 0 Å². The summed E-state index contributed by atoms with van der Waals surface area (Å²) in [5.41, 5.74) is 1.16. The zero-order valence-electron chi connectivity index (χ0n) is 15.5. The van der Waals surface area contributed by atoms with Crippen LogP contribution in [0.2, 0.25) is 0 Å². The van der Waals surface area contributed by atoms with Crippen LogP contribution >= 0.6 is 0 Å². The third kappa shape index (κ3) is 4.51. The van der Waals surface area contributed by atoms with Gasteiger partial charge in [0.25, 0.3) is 5.56 Å². The highest BCUT2D eigenvalue weighted by molar-refractivity contribution is 7.91. The third-order valence-corrected chi connectivity index (χ3v) is 6.30. The zero-order valence-corrected chi connectivity index (χ0v) is 16.4. The summed E-state index contributed by atoms with van der Waals surface area (Å²) in [6.45, 7) is 1.71. The molecule has 0 saturated heterocycles. The minimum Gasteiger partial charge on any atom is -0.313 e. The van der Waals surface area contributed by atoms with Crippen molar-refractivity contribution >= 4 is 9.84 Å². The Morgan fingerprint density at radius 1 is 1.11 bits per heavy atom. The van der Waals surface area contributed by atoms with Crippen LogP contribution in [0.25, 0.3) is 22.5 Å². The van der Waals surface area contributed by atoms with E-state index in [0.29, 0.717) is 11.4 Å². The fourth-order valence-electron chi connectivity index (χ4n) is 2.72. The lowest BCUT2D eigenvalue weighted by atomic mass is 10.0. The topological polar surface area (TPSA) is 81.9 Å². The number of sulfone groups is 1. The molecule has 146 valence electrons. The predicted molar refractivity (Wildman–Crippen MR) is 106 cm³/mol. The molecule has 0 radical (unpaired) electrons. The van der Waals surface area contributed by atoms with Gasteiger partial charge in [-0.3, -0.25) is 4.79 Å². The van der Waals surface area contributed by atoms with Crippen molar-refractivity contribution in [2.75, 3.05) is 6.26 Å². The van der Waals surface area contributed by atoms with Crippen molar-refractivity contribution < 1.29 is 12.8 Å². The van der Waals surface area contributed by atoms with Crippen molar-refractivity contribution in [3.05, 3.63) is 71.2 Å². The summed E-state index contributed by atoms with van der Waals surface area (Å²) in [7, 11) is -3.19. The molecule has 1 atom stereocenters. The van der Waals surface area contributed by atoms with Gasteiger partial charge in [-0.2, -0.15) is 0 Å². The van der Waals surface area contributed by atoms with E-state index in [2.05, 4.69) is 9.97 Å². The molecule has 3 rings (SSSR count). The van der Waals surface area contributed by atoms with Gasteiger partial charge in [0.15, 0.2) is 5.82 Å². The molecule has 0 aliphatic heterocycles. The molecular formula is C20H20FN3O3S. The van der Waals surface area contributed by atoms with Crippen LogP contribution in [0.3, 0.4) is 0 Å². The first kappa shape index (κ1) is 19.9. The second-order valence-electron chi connectivity index (χ2n) is 6.65. The minimum atomic E-state index is -3.19. The van der Waals surface area contributed by atoms with Crippen LogP contribution in [0.15, 0.2) is 59.8 Å². The van der Waals surface area contributed by atoms with Gasteiger partial charge in [-0.15, -0.1) is 0 Å². The maximum atomic E-state index is 14.6. The summed E-state index contributed by atoms with van der Waals surface area (Å²) in [5, 5.41) is -0.602. The summed E-state index contributed by atoms with van der Waals surface area (Å²) in [5.74, 6) is 0.0141. The van der Waals surface area contributed by atoms with Crippen molar-refractivity contribution in [3.63, 3.8) is 0 Å². The smallest absolute Gasteiger partial charge is 0.251 e. The normalized spacial score (nSPS) is 12.7. The van der Waals surface area contributed by atoms with Crippen molar-refractivity contribution in [2.24, 2.45) is 0 Å². The van der Waals surface area contributed by atoms with E-state index >= 15 is 0 Å². The molecule has 6 nitrogen and oxygen atoms in total. The summed E-state index contributed by atoms with van der Waals surface area (Å²) in [6.07, 6.45) is 5.79. The Balaban J connectivity index is 1.84. The molecule has 0 amide bonds. The number of aryl methyl sites for hydroxylation is 1. The maximum absolute atomic E-state index is 14.6. The molecule has 8 heteroatoms. The van der Waals surface area contributed by atoms with E-state index in [4.69, 9.17) is 0 Å². The standard InChI is InChI=1S/C20H20FN3O3S/c1-14(28(2,26)27)8-11-24-13-18(21)17(12-19(24)25)15-4-6-16(7-5-15)20-22-9-3-10-23-20/h3-7,9-10,12-14H,8,11H2,1-2H3. The van der Waals surface area contributed by atoms with Crippen LogP contribution in [0, 0.1) is 5.82 Å². The molecular weight excluding hydrogens is 381 g/mol. The Kier molecular flexibility index (Phi) is 5.69. The highest BCUT2D eigenvalue weighted by Crippen LogP contribution is 2.24. The van der Waals surface area contributed by atoms with Gasteiger partial charge in [0, 0.05) is 48.6 Å². The minimum absolute atomic E-state index is 0.133. The van der Waals surface area contributed by atoms with Gasteiger partial charge < -0.3 is 4.57 Å². The van der Waals surface area contributed by atoms with Gasteiger partial charge in [-0.25, -0.2) is 22.8 Å². The van der Waals surface area contributed by atoms with E-state index in [1.165, 1.54) is 10.6 Å². The summed E-state index contributed by atoms with van der Waals surface area (Å²) < 4.78 is 38.8. The molecule has 1 unspecified atom stereocenters. The summed E-state index contributed by atoms with van der Waals surface area (Å²) in [4.78, 5) is 20.7. The van der Waals surface area contributed by atoms with Gasteiger partial charge in [0.2, 0.25) is 0 Å². The average molecular weight is 401 g/mol. The number of rotatable bonds is 6. The largest absolute Gasteiger partial charge is 0.313 e. The third-order valence-electron chi connectivity index (χ3n) is 4.60. The van der Waals surface area contributed by atoms with Gasteiger partial charge in [-0.1, -0.05) is 24.3 Å². The van der Waals surface area contributed by atoms with Gasteiger partial charge in [-0.05, 0) is 25.0 Å². The zero-order chi connectivity index (χ0) is 20.3. The molecule has 2 heterocycles. The number of halogens is 1. The molecule has 0 aliphatic rings. The number of nitrogens with zero attached hydrogens (tertiary/aromatic N) is 3. The molecule has 0 aliphatic carbocycles. The lowest BCUT2D eigenvalue weighted by molar-refractivity contribution is 0.546. The number of hydrogen-bond acceptors (Lipinski definition) is 5. The molecule has 28 heavy (non-hydrogen) atoms. The van der Waals surface area contributed by atoms with E-state index in [1.807, 2.05) is 0 Å². The number of pyridine rings is 1. The van der Waals surface area contributed by atoms with E-state index in [1.54, 1.807) is 49.6 Å². The van der Waals surface area contributed by atoms with Gasteiger partial charge >= 0.3 is 0 Å². The Morgan fingerprint density at radius 2 is 1.71 bits per heavy atom. The van der Waals surface area contributed by atoms with Crippen LogP contribution in [-0.2, 0) is 16.4 Å². The van der Waals surface area contributed by atoms with Crippen molar-refractivity contribution in [2.45, 2.75) is 25.1 Å². The molecule has 0 bridgehead atoms. The highest BCUT2D eigenvalue weighted by Gasteiger charge is 2.16. The van der Waals surface area contributed by atoms with Crippen LogP contribution in [0.1, 0.15) is 13.3 Å². The lowest BCUT2D eigenvalue weighted by Crippen LogP contribution is -2.24. The second kappa shape index (κ2) is 8.02. The molecule has 0 spiro atoms. The number of benzene rings is 1. The fraction of sp³-hybridized carbons (Fsp3) is 0.250. The Morgan fingerprint density at radius 3 is 2.32 bits per heavy atom. The van der Waals surface area contributed by atoms with E-state index in [0.717, 1.165) is 18.0 Å². The van der Waals surface area contributed by atoms with Crippen LogP contribution < -0.4 is 5.56 Å². The van der Waals surface area contributed by atoms with E-state index in [9.17, 15) is 17.6 Å². The fourth-order valence-corrected chi connectivity index (χ4v) is 3.26. The van der Waals surface area contributed by atoms with Crippen molar-refractivity contribution in [1.82, 2.24) is 14.5 Å². The van der Waals surface area contributed by atoms with Gasteiger partial charge in [0.1, 0.15) is 15.7 Å². The van der Waals surface area contributed by atoms with Crippen LogP contribution in [-0.4, -0.2) is 34.5 Å². The van der Waals surface area contributed by atoms with E-state index in [-0.39, 0.29) is 24.1 Å². The quantitative estimate of drug-likeness (QED) is 0.634. The molecule has 0 fully saturated rings. The first-order valence-corrected chi connectivity index (χ1v) is 10.7. The number of aromatic nitrogens is 3. The Hall–Kier alpha value is -2.87. The molecule has 0 saturated carbocycles. The highest BCUT2D eigenvalue weighted by atomic mass is 32.2. The summed E-state index contributed by atoms with van der Waals surface area (Å²) in [6, 6.07) is 9.90. The monoisotopic (exact) mass is 401 g/mol. The SMILES string of the molecule is CC(CCn1cc(F)c(-c2ccc(-c3ncccn3)cc2)cc1=O)S(C)(=O)=O. The second-order valence-corrected chi connectivity index (χ2v) is 9.11. The molecule has 2 aromatic heterocycles. The molecule has 1 aromatic carbocycles. The van der Waals surface area contributed by atoms with E-state index < -0.39 is 20.9 Å². The van der Waals surface area contributed by atoms with Crippen molar-refractivity contribution in [3.8, 4) is 22.5 Å².